The Balaban J connectivity index is 2.64. The molecule has 0 heterocycles. The second-order valence-electron chi connectivity index (χ2n) is 6.18. The van der Waals surface area contributed by atoms with Crippen LogP contribution < -0.4 is 10.9 Å². The number of hydrogen-bond donors (Lipinski definition) is 3. The maximum atomic E-state index is 13.9. The zero-order valence-electron chi connectivity index (χ0n) is 13.9. The number of sulfonamides is 1. The summed E-state index contributed by atoms with van der Waals surface area (Å²) >= 11 is 0. The molecule has 0 saturated heterocycles. The molecular formula is C16H23F2N2O4S. The molecule has 1 rings (SSSR count). The zero-order valence-corrected chi connectivity index (χ0v) is 14.7. The molecule has 25 heavy (non-hydrogen) atoms. The van der Waals surface area contributed by atoms with Crippen molar-refractivity contribution in [2.45, 2.75) is 49.6 Å². The minimum absolute atomic E-state index is 0.221. The fourth-order valence-corrected chi connectivity index (χ4v) is 3.18. The number of rotatable bonds is 10. The van der Waals surface area contributed by atoms with Gasteiger partial charge in [-0.15, -0.1) is 0 Å². The van der Waals surface area contributed by atoms with Crippen molar-refractivity contribution in [1.29, 1.82) is 0 Å². The van der Waals surface area contributed by atoms with Crippen LogP contribution in [-0.2, 0) is 21.2 Å². The van der Waals surface area contributed by atoms with Crippen molar-refractivity contribution in [2.75, 3.05) is 0 Å². The molecule has 1 radical (unpaired) electrons. The Bertz CT molecular complexity index is 695. The van der Waals surface area contributed by atoms with E-state index in [-0.39, 0.29) is 19.3 Å². The summed E-state index contributed by atoms with van der Waals surface area (Å²) in [5, 5.41) is 13.9. The second kappa shape index (κ2) is 8.68. The summed E-state index contributed by atoms with van der Waals surface area (Å²) in [5.41, 5.74) is 3.16. The van der Waals surface area contributed by atoms with Crippen LogP contribution in [0.15, 0.2) is 24.3 Å². The van der Waals surface area contributed by atoms with Gasteiger partial charge in [0.15, 0.2) is 5.67 Å². The van der Waals surface area contributed by atoms with Crippen LogP contribution >= 0.6 is 0 Å². The number of benzene rings is 1. The van der Waals surface area contributed by atoms with E-state index in [1.54, 1.807) is 6.07 Å². The minimum atomic E-state index is -4.06. The molecule has 1 aromatic carbocycles. The van der Waals surface area contributed by atoms with Crippen LogP contribution in [0.1, 0.15) is 31.7 Å². The third-order valence-electron chi connectivity index (χ3n) is 3.93. The third-order valence-corrected chi connectivity index (χ3v) is 5.29. The number of hydrogen-bond acceptors (Lipinski definition) is 4. The second-order valence-corrected chi connectivity index (χ2v) is 8.03. The summed E-state index contributed by atoms with van der Waals surface area (Å²) in [6.45, 7) is 0.960. The van der Waals surface area contributed by atoms with Crippen LogP contribution in [0, 0.1) is 12.2 Å². The van der Waals surface area contributed by atoms with Gasteiger partial charge in [-0.25, -0.2) is 22.3 Å². The summed E-state index contributed by atoms with van der Waals surface area (Å²) < 4.78 is 50.3. The lowest BCUT2D eigenvalue weighted by molar-refractivity contribution is -0.128. The van der Waals surface area contributed by atoms with Crippen molar-refractivity contribution in [2.24, 2.45) is 10.9 Å². The summed E-state index contributed by atoms with van der Waals surface area (Å²) in [4.78, 5) is 11.0. The molecule has 1 aromatic rings. The highest BCUT2D eigenvalue weighted by molar-refractivity contribution is 7.89. The number of carbonyl (C=O) groups excluding carboxylic acids is 1. The van der Waals surface area contributed by atoms with Gasteiger partial charge in [-0.05, 0) is 56.7 Å². The Morgan fingerprint density at radius 1 is 1.44 bits per heavy atom. The number of aliphatic hydroxyl groups excluding tert-OH is 1. The lowest BCUT2D eigenvalue weighted by Gasteiger charge is -2.22. The van der Waals surface area contributed by atoms with Gasteiger partial charge < -0.3 is 10.8 Å². The predicted molar refractivity (Wildman–Crippen MR) is 89.9 cm³/mol. The molecule has 5 N–H and O–H groups in total. The van der Waals surface area contributed by atoms with Crippen LogP contribution in [0.3, 0.4) is 0 Å². The van der Waals surface area contributed by atoms with Crippen LogP contribution in [0.5, 0.6) is 0 Å². The molecule has 141 valence electrons. The first-order valence-electron chi connectivity index (χ1n) is 7.68. The first-order valence-corrected chi connectivity index (χ1v) is 9.29. The average Bonchev–Trinajstić information content (AvgIpc) is 2.48. The number of carbonyl (C=O) groups is 1. The van der Waals surface area contributed by atoms with Crippen LogP contribution in [0.25, 0.3) is 0 Å². The van der Waals surface area contributed by atoms with Gasteiger partial charge in [0.25, 0.3) is 5.91 Å². The number of primary sulfonamides is 1. The van der Waals surface area contributed by atoms with Gasteiger partial charge in [0.1, 0.15) is 5.82 Å². The number of nitrogens with two attached hydrogens (primary N) is 2. The van der Waals surface area contributed by atoms with E-state index in [1.807, 2.05) is 0 Å². The van der Waals surface area contributed by atoms with E-state index in [4.69, 9.17) is 10.9 Å². The average molecular weight is 377 g/mol. The van der Waals surface area contributed by atoms with Crippen molar-refractivity contribution < 1.29 is 27.1 Å². The molecule has 0 aromatic heterocycles. The van der Waals surface area contributed by atoms with Gasteiger partial charge in [0, 0.05) is 0 Å². The van der Waals surface area contributed by atoms with Gasteiger partial charge in [-0.2, -0.15) is 0 Å². The summed E-state index contributed by atoms with van der Waals surface area (Å²) in [7, 11) is -4.06. The topological polar surface area (TPSA) is 123 Å². The number of halogens is 2. The highest BCUT2D eigenvalue weighted by atomic mass is 32.2. The van der Waals surface area contributed by atoms with E-state index in [2.05, 4.69) is 0 Å². The SMILES string of the molecule is CC(F)(CC[C@H](C[C@@H](O)[CH]Cc1cccc(F)c1)S(N)(=O)=O)C(N)=O. The van der Waals surface area contributed by atoms with Crippen molar-refractivity contribution in [3.63, 3.8) is 0 Å². The molecule has 0 aliphatic carbocycles. The molecule has 0 aliphatic heterocycles. The number of primary amides is 1. The molecule has 9 heteroatoms. The lowest BCUT2D eigenvalue weighted by atomic mass is 9.97. The van der Waals surface area contributed by atoms with Gasteiger partial charge in [-0.1, -0.05) is 12.1 Å². The van der Waals surface area contributed by atoms with E-state index >= 15 is 0 Å². The molecule has 1 amide bonds. The smallest absolute Gasteiger partial charge is 0.254 e. The molecule has 0 bridgehead atoms. The Hall–Kier alpha value is -1.58. The largest absolute Gasteiger partial charge is 0.393 e. The van der Waals surface area contributed by atoms with Gasteiger partial charge in [0.05, 0.1) is 11.4 Å². The van der Waals surface area contributed by atoms with Crippen molar-refractivity contribution in [3.8, 4) is 0 Å². The molecule has 1 unspecified atom stereocenters. The predicted octanol–water partition coefficient (Wildman–Crippen LogP) is 0.974. The molecular weight excluding hydrogens is 354 g/mol. The maximum Gasteiger partial charge on any atom is 0.254 e. The van der Waals surface area contributed by atoms with Crippen molar-refractivity contribution in [3.05, 3.63) is 42.1 Å². The summed E-state index contributed by atoms with van der Waals surface area (Å²) in [6, 6.07) is 5.75. The zero-order chi connectivity index (χ0) is 19.3. The first kappa shape index (κ1) is 21.5. The Morgan fingerprint density at radius 3 is 2.60 bits per heavy atom. The molecule has 6 nitrogen and oxygen atoms in total. The maximum absolute atomic E-state index is 13.9. The molecule has 3 atom stereocenters. The Morgan fingerprint density at radius 2 is 2.08 bits per heavy atom. The summed E-state index contributed by atoms with van der Waals surface area (Å²) in [6.07, 6.45) is -0.470. The number of alkyl halides is 1. The normalized spacial score (nSPS) is 16.8. The van der Waals surface area contributed by atoms with Crippen LogP contribution in [-0.4, -0.2) is 36.5 Å². The van der Waals surface area contributed by atoms with E-state index in [9.17, 15) is 27.1 Å². The molecule has 0 aliphatic rings. The standard InChI is InChI=1S/C16H23F2N2O4S/c1-16(18,15(19)22)8-7-14(25(20,23)24)10-13(21)6-5-11-3-2-4-12(17)9-11/h2-4,6,9,13-14,21H,5,7-8,10H2,1H3,(H2,19,22)(H2,20,23,24)/t13-,14+,16?/m0/s1. The van der Waals surface area contributed by atoms with Crippen LogP contribution in [0.4, 0.5) is 8.78 Å². The van der Waals surface area contributed by atoms with Gasteiger partial charge >= 0.3 is 0 Å². The van der Waals surface area contributed by atoms with Crippen molar-refractivity contribution >= 4 is 15.9 Å². The van der Waals surface area contributed by atoms with E-state index in [0.717, 1.165) is 6.92 Å². The van der Waals surface area contributed by atoms with Crippen LogP contribution in [0.2, 0.25) is 0 Å². The van der Waals surface area contributed by atoms with Crippen molar-refractivity contribution in [1.82, 2.24) is 0 Å². The van der Waals surface area contributed by atoms with E-state index < -0.39 is 45.2 Å². The Kier molecular flexibility index (Phi) is 7.45. The number of amides is 1. The Labute approximate surface area is 146 Å². The quantitative estimate of drug-likeness (QED) is 0.562. The van der Waals surface area contributed by atoms with Gasteiger partial charge in [0.2, 0.25) is 10.0 Å². The highest BCUT2D eigenvalue weighted by Gasteiger charge is 2.34. The van der Waals surface area contributed by atoms with E-state index in [1.165, 1.54) is 24.6 Å². The molecule has 0 fully saturated rings. The lowest BCUT2D eigenvalue weighted by Crippen LogP contribution is -2.39. The highest BCUT2D eigenvalue weighted by Crippen LogP contribution is 2.23. The van der Waals surface area contributed by atoms with Gasteiger partial charge in [-0.3, -0.25) is 4.79 Å². The minimum Gasteiger partial charge on any atom is -0.393 e. The monoisotopic (exact) mass is 377 g/mol. The molecule has 0 spiro atoms. The number of aliphatic hydroxyl groups is 1. The molecule has 0 saturated carbocycles. The fraction of sp³-hybridized carbons (Fsp3) is 0.500. The summed E-state index contributed by atoms with van der Waals surface area (Å²) in [5.74, 6) is -1.62. The first-order chi connectivity index (χ1) is 11.4. The fourth-order valence-electron chi connectivity index (χ4n) is 2.27. The third kappa shape index (κ3) is 7.45. The van der Waals surface area contributed by atoms with E-state index in [0.29, 0.717) is 5.56 Å².